The molecule has 3 nitrogen and oxygen atoms in total. The minimum atomic E-state index is -0.312. The maximum absolute atomic E-state index is 11.6. The summed E-state index contributed by atoms with van der Waals surface area (Å²) in [4.78, 5) is 11.6. The normalized spacial score (nSPS) is 12.6. The van der Waals surface area contributed by atoms with E-state index in [0.29, 0.717) is 5.56 Å². The summed E-state index contributed by atoms with van der Waals surface area (Å²) < 4.78 is 6.15. The summed E-state index contributed by atoms with van der Waals surface area (Å²) in [6.07, 6.45) is 0. The molecule has 0 aliphatic carbocycles. The lowest BCUT2D eigenvalue weighted by Crippen LogP contribution is -2.24. The van der Waals surface area contributed by atoms with Gasteiger partial charge in [-0.05, 0) is 35.9 Å². The number of hydrogen-bond acceptors (Lipinski definition) is 4. The van der Waals surface area contributed by atoms with Crippen LogP contribution >= 0.6 is 11.3 Å². The van der Waals surface area contributed by atoms with E-state index in [2.05, 4.69) is 0 Å². The molecule has 1 atom stereocenters. The molecule has 2 aromatic rings. The quantitative estimate of drug-likeness (QED) is 0.831. The molecule has 16 heavy (non-hydrogen) atoms. The van der Waals surface area contributed by atoms with E-state index in [9.17, 15) is 4.79 Å². The molecular formula is C12H13NO2S. The lowest BCUT2D eigenvalue weighted by atomic mass is 10.2. The van der Waals surface area contributed by atoms with Gasteiger partial charge in [-0.25, -0.2) is 4.79 Å². The van der Waals surface area contributed by atoms with Crippen LogP contribution in [0.2, 0.25) is 0 Å². The summed E-state index contributed by atoms with van der Waals surface area (Å²) in [6.45, 7) is 2.05. The van der Waals surface area contributed by atoms with E-state index >= 15 is 0 Å². The summed E-state index contributed by atoms with van der Waals surface area (Å²) >= 11 is 1.61. The monoisotopic (exact) mass is 235 g/mol. The maximum atomic E-state index is 11.6. The highest BCUT2D eigenvalue weighted by molar-refractivity contribution is 7.17. The van der Waals surface area contributed by atoms with Crippen molar-refractivity contribution in [2.45, 2.75) is 13.0 Å². The summed E-state index contributed by atoms with van der Waals surface area (Å²) in [6, 6.07) is 7.45. The van der Waals surface area contributed by atoms with E-state index in [1.54, 1.807) is 24.3 Å². The van der Waals surface area contributed by atoms with Crippen molar-refractivity contribution < 1.29 is 9.53 Å². The first-order valence-electron chi connectivity index (χ1n) is 5.07. The second kappa shape index (κ2) is 4.63. The van der Waals surface area contributed by atoms with Gasteiger partial charge in [0.05, 0.1) is 5.56 Å². The van der Waals surface area contributed by atoms with Crippen LogP contribution in [0, 0.1) is 0 Å². The maximum Gasteiger partial charge on any atom is 0.338 e. The third-order valence-electron chi connectivity index (χ3n) is 2.17. The predicted molar refractivity (Wildman–Crippen MR) is 65.8 cm³/mol. The largest absolute Gasteiger partial charge is 0.460 e. The highest BCUT2D eigenvalue weighted by Crippen LogP contribution is 2.22. The third kappa shape index (κ3) is 2.40. The number of hydrogen-bond donors (Lipinski definition) is 1. The van der Waals surface area contributed by atoms with Crippen molar-refractivity contribution in [1.29, 1.82) is 0 Å². The number of nitrogens with two attached hydrogens (primary N) is 1. The Balaban J connectivity index is 2.16. The van der Waals surface area contributed by atoms with Crippen LogP contribution in [0.5, 0.6) is 0 Å². The van der Waals surface area contributed by atoms with Gasteiger partial charge in [-0.1, -0.05) is 6.07 Å². The fourth-order valence-corrected chi connectivity index (χ4v) is 2.20. The minimum Gasteiger partial charge on any atom is -0.460 e. The van der Waals surface area contributed by atoms with Crippen molar-refractivity contribution >= 4 is 27.4 Å². The fraction of sp³-hybridized carbons (Fsp3) is 0.250. The van der Waals surface area contributed by atoms with Gasteiger partial charge in [-0.15, -0.1) is 11.3 Å². The van der Waals surface area contributed by atoms with Gasteiger partial charge in [0.25, 0.3) is 0 Å². The number of ether oxygens (including phenoxy) is 1. The Hall–Kier alpha value is -1.39. The van der Waals surface area contributed by atoms with Crippen LogP contribution in [0.1, 0.15) is 17.3 Å². The lowest BCUT2D eigenvalue weighted by Gasteiger charge is -2.07. The van der Waals surface area contributed by atoms with Crippen molar-refractivity contribution in [1.82, 2.24) is 0 Å². The summed E-state index contributed by atoms with van der Waals surface area (Å²) in [5.41, 5.74) is 6.10. The molecule has 0 spiro atoms. The van der Waals surface area contributed by atoms with Crippen molar-refractivity contribution in [3.05, 3.63) is 35.2 Å². The Kier molecular flexibility index (Phi) is 3.22. The van der Waals surface area contributed by atoms with Crippen molar-refractivity contribution in [2.24, 2.45) is 5.73 Å². The van der Waals surface area contributed by atoms with Gasteiger partial charge in [0.2, 0.25) is 0 Å². The van der Waals surface area contributed by atoms with Crippen LogP contribution in [-0.2, 0) is 4.74 Å². The molecular weight excluding hydrogens is 222 g/mol. The van der Waals surface area contributed by atoms with Gasteiger partial charge in [0.1, 0.15) is 6.61 Å². The van der Waals surface area contributed by atoms with E-state index in [4.69, 9.17) is 10.5 Å². The number of rotatable bonds is 3. The van der Waals surface area contributed by atoms with Gasteiger partial charge in [-0.2, -0.15) is 0 Å². The first-order chi connectivity index (χ1) is 7.66. The van der Waals surface area contributed by atoms with E-state index in [0.717, 1.165) is 10.1 Å². The van der Waals surface area contributed by atoms with E-state index in [-0.39, 0.29) is 18.6 Å². The smallest absolute Gasteiger partial charge is 0.338 e. The van der Waals surface area contributed by atoms with Crippen molar-refractivity contribution in [3.63, 3.8) is 0 Å². The molecule has 0 saturated heterocycles. The summed E-state index contributed by atoms with van der Waals surface area (Å²) in [5, 5.41) is 3.15. The summed E-state index contributed by atoms with van der Waals surface area (Å²) in [7, 11) is 0. The van der Waals surface area contributed by atoms with Crippen LogP contribution in [0.25, 0.3) is 10.1 Å². The van der Waals surface area contributed by atoms with Gasteiger partial charge >= 0.3 is 5.97 Å². The number of thiophene rings is 1. The molecule has 4 heteroatoms. The van der Waals surface area contributed by atoms with Gasteiger partial charge in [-0.3, -0.25) is 0 Å². The molecule has 0 bridgehead atoms. The molecule has 1 aromatic carbocycles. The molecule has 1 heterocycles. The van der Waals surface area contributed by atoms with E-state index < -0.39 is 0 Å². The SMILES string of the molecule is CC(N)COC(=O)c1ccc2ccsc2c1. The van der Waals surface area contributed by atoms with Crippen LogP contribution in [0.3, 0.4) is 0 Å². The minimum absolute atomic E-state index is 0.130. The molecule has 0 saturated carbocycles. The van der Waals surface area contributed by atoms with E-state index in [1.165, 1.54) is 0 Å². The number of esters is 1. The Morgan fingerprint density at radius 2 is 2.31 bits per heavy atom. The predicted octanol–water partition coefficient (Wildman–Crippen LogP) is 2.41. The first kappa shape index (κ1) is 11.1. The molecule has 0 fully saturated rings. The number of fused-ring (bicyclic) bond motifs is 1. The number of carbonyl (C=O) groups excluding carboxylic acids is 1. The van der Waals surface area contributed by atoms with Gasteiger partial charge in [0.15, 0.2) is 0 Å². The van der Waals surface area contributed by atoms with Crippen LogP contribution < -0.4 is 5.73 Å². The Morgan fingerprint density at radius 3 is 3.06 bits per heavy atom. The Bertz CT molecular complexity index is 504. The molecule has 2 N–H and O–H groups in total. The first-order valence-corrected chi connectivity index (χ1v) is 5.95. The molecule has 0 aliphatic rings. The van der Waals surface area contributed by atoms with Crippen LogP contribution in [-0.4, -0.2) is 18.6 Å². The highest BCUT2D eigenvalue weighted by Gasteiger charge is 2.09. The average molecular weight is 235 g/mol. The zero-order valence-electron chi connectivity index (χ0n) is 8.97. The highest BCUT2D eigenvalue weighted by atomic mass is 32.1. The van der Waals surface area contributed by atoms with Crippen LogP contribution in [0.4, 0.5) is 0 Å². The summed E-state index contributed by atoms with van der Waals surface area (Å²) in [5.74, 6) is -0.312. The second-order valence-corrected chi connectivity index (χ2v) is 4.70. The van der Waals surface area contributed by atoms with Crippen molar-refractivity contribution in [2.75, 3.05) is 6.61 Å². The van der Waals surface area contributed by atoms with E-state index in [1.807, 2.05) is 23.6 Å². The molecule has 0 amide bonds. The van der Waals surface area contributed by atoms with Crippen molar-refractivity contribution in [3.8, 4) is 0 Å². The lowest BCUT2D eigenvalue weighted by molar-refractivity contribution is 0.0487. The third-order valence-corrected chi connectivity index (χ3v) is 3.05. The zero-order chi connectivity index (χ0) is 11.5. The molecule has 1 unspecified atom stereocenters. The molecule has 2 rings (SSSR count). The molecule has 0 aliphatic heterocycles. The second-order valence-electron chi connectivity index (χ2n) is 3.75. The molecule has 1 aromatic heterocycles. The topological polar surface area (TPSA) is 52.3 Å². The number of benzene rings is 1. The van der Waals surface area contributed by atoms with Gasteiger partial charge in [0, 0.05) is 10.7 Å². The van der Waals surface area contributed by atoms with Gasteiger partial charge < -0.3 is 10.5 Å². The Labute approximate surface area is 97.8 Å². The molecule has 0 radical (unpaired) electrons. The zero-order valence-corrected chi connectivity index (χ0v) is 9.79. The standard InChI is InChI=1S/C12H13NO2S/c1-8(13)7-15-12(14)10-3-2-9-4-5-16-11(9)6-10/h2-6,8H,7,13H2,1H3. The fourth-order valence-electron chi connectivity index (χ4n) is 1.37. The Morgan fingerprint density at radius 1 is 1.50 bits per heavy atom. The molecule has 84 valence electrons. The van der Waals surface area contributed by atoms with Crippen LogP contribution in [0.15, 0.2) is 29.6 Å². The number of carbonyl (C=O) groups is 1. The average Bonchev–Trinajstić information content (AvgIpc) is 2.72.